The molecule has 1 heterocycles. The summed E-state index contributed by atoms with van der Waals surface area (Å²) >= 11 is 3.65. The van der Waals surface area contributed by atoms with Crippen molar-refractivity contribution in [3.63, 3.8) is 0 Å². The monoisotopic (exact) mass is 319 g/mol. The molecule has 2 nitrogen and oxygen atoms in total. The summed E-state index contributed by atoms with van der Waals surface area (Å²) in [6, 6.07) is 8.38. The summed E-state index contributed by atoms with van der Waals surface area (Å²) in [7, 11) is 1.69. The van der Waals surface area contributed by atoms with Gasteiger partial charge in [-0.25, -0.2) is 4.98 Å². The number of benzene rings is 1. The molecule has 3 rings (SSSR count). The van der Waals surface area contributed by atoms with Crippen molar-refractivity contribution in [1.82, 2.24) is 4.98 Å². The number of pyridine rings is 1. The van der Waals surface area contributed by atoms with Gasteiger partial charge >= 0.3 is 0 Å². The van der Waals surface area contributed by atoms with Crippen molar-refractivity contribution in [3.8, 4) is 5.75 Å². The third kappa shape index (κ3) is 2.62. The first-order valence-corrected chi connectivity index (χ1v) is 7.71. The van der Waals surface area contributed by atoms with Gasteiger partial charge in [-0.3, -0.25) is 0 Å². The summed E-state index contributed by atoms with van der Waals surface area (Å²) < 4.78 is 6.25. The predicted octanol–water partition coefficient (Wildman–Crippen LogP) is 5.05. The number of ether oxygens (including phenoxy) is 1. The quantitative estimate of drug-likeness (QED) is 0.722. The predicted molar refractivity (Wildman–Crippen MR) is 81.8 cm³/mol. The summed E-state index contributed by atoms with van der Waals surface area (Å²) in [4.78, 5) is 4.70. The first-order valence-electron chi connectivity index (χ1n) is 6.92. The van der Waals surface area contributed by atoms with Gasteiger partial charge in [0, 0.05) is 11.5 Å². The molecule has 0 bridgehead atoms. The molecule has 3 heteroatoms. The summed E-state index contributed by atoms with van der Waals surface area (Å²) in [5.74, 6) is 1.53. The zero-order chi connectivity index (χ0) is 13.2. The Hall–Kier alpha value is -1.09. The van der Waals surface area contributed by atoms with E-state index in [2.05, 4.69) is 28.1 Å². The van der Waals surface area contributed by atoms with Crippen molar-refractivity contribution >= 4 is 26.8 Å². The lowest BCUT2D eigenvalue weighted by molar-refractivity contribution is 0.415. The molecule has 0 aliphatic heterocycles. The SMILES string of the molecule is COc1ccc2cc(C3CCCCC3)c(Br)nc2c1. The molecule has 1 aliphatic rings. The molecule has 1 aromatic carbocycles. The smallest absolute Gasteiger partial charge is 0.121 e. The molecule has 0 atom stereocenters. The summed E-state index contributed by atoms with van der Waals surface area (Å²) in [5.41, 5.74) is 2.36. The molecule has 0 N–H and O–H groups in total. The first kappa shape index (κ1) is 12.9. The van der Waals surface area contributed by atoms with E-state index in [4.69, 9.17) is 9.72 Å². The van der Waals surface area contributed by atoms with E-state index in [1.165, 1.54) is 43.1 Å². The van der Waals surface area contributed by atoms with Gasteiger partial charge in [-0.05, 0) is 58.5 Å². The molecule has 0 saturated heterocycles. The molecule has 0 spiro atoms. The number of halogens is 1. The summed E-state index contributed by atoms with van der Waals surface area (Å²) in [6.45, 7) is 0. The highest BCUT2D eigenvalue weighted by Crippen LogP contribution is 2.37. The van der Waals surface area contributed by atoms with Crippen LogP contribution in [0.1, 0.15) is 43.6 Å². The highest BCUT2D eigenvalue weighted by atomic mass is 79.9. The van der Waals surface area contributed by atoms with Crippen molar-refractivity contribution in [2.75, 3.05) is 7.11 Å². The maximum absolute atomic E-state index is 5.25. The summed E-state index contributed by atoms with van der Waals surface area (Å²) in [6.07, 6.45) is 6.66. The van der Waals surface area contributed by atoms with E-state index < -0.39 is 0 Å². The fraction of sp³-hybridized carbons (Fsp3) is 0.438. The number of aromatic nitrogens is 1. The van der Waals surface area contributed by atoms with Gasteiger partial charge in [0.05, 0.1) is 12.6 Å². The Morgan fingerprint density at radius 2 is 1.95 bits per heavy atom. The zero-order valence-corrected chi connectivity index (χ0v) is 12.7. The van der Waals surface area contributed by atoms with Crippen molar-refractivity contribution in [1.29, 1.82) is 0 Å². The fourth-order valence-electron chi connectivity index (χ4n) is 2.97. The third-order valence-electron chi connectivity index (χ3n) is 4.05. The highest BCUT2D eigenvalue weighted by Gasteiger charge is 2.19. The Labute approximate surface area is 122 Å². The van der Waals surface area contributed by atoms with Crippen LogP contribution < -0.4 is 4.74 Å². The zero-order valence-electron chi connectivity index (χ0n) is 11.2. The van der Waals surface area contributed by atoms with Crippen LogP contribution in [0.15, 0.2) is 28.9 Å². The third-order valence-corrected chi connectivity index (χ3v) is 4.69. The molecule has 1 fully saturated rings. The van der Waals surface area contributed by atoms with Gasteiger partial charge in [0.1, 0.15) is 10.4 Å². The van der Waals surface area contributed by atoms with Gasteiger partial charge in [-0.15, -0.1) is 0 Å². The maximum atomic E-state index is 5.25. The van der Waals surface area contributed by atoms with Gasteiger partial charge in [0.15, 0.2) is 0 Å². The van der Waals surface area contributed by atoms with Crippen LogP contribution in [-0.2, 0) is 0 Å². The van der Waals surface area contributed by atoms with E-state index in [1.807, 2.05) is 12.1 Å². The molecule has 0 unspecified atom stereocenters. The normalized spacial score (nSPS) is 16.7. The molecular formula is C16H18BrNO. The van der Waals surface area contributed by atoms with Crippen LogP contribution in [0.5, 0.6) is 5.75 Å². The van der Waals surface area contributed by atoms with Crippen molar-refractivity contribution in [3.05, 3.63) is 34.4 Å². The Bertz CT molecular complexity index is 591. The molecule has 0 amide bonds. The number of rotatable bonds is 2. The van der Waals surface area contributed by atoms with Crippen LogP contribution in [0.3, 0.4) is 0 Å². The second-order valence-corrected chi connectivity index (χ2v) is 6.01. The van der Waals surface area contributed by atoms with Crippen LogP contribution in [0.4, 0.5) is 0 Å². The average Bonchev–Trinajstić information content (AvgIpc) is 2.47. The molecule has 2 aromatic rings. The van der Waals surface area contributed by atoms with E-state index in [9.17, 15) is 0 Å². The molecule has 1 aliphatic carbocycles. The van der Waals surface area contributed by atoms with Gasteiger partial charge in [-0.2, -0.15) is 0 Å². The molecule has 1 aromatic heterocycles. The Morgan fingerprint density at radius 1 is 1.16 bits per heavy atom. The molecule has 19 heavy (non-hydrogen) atoms. The largest absolute Gasteiger partial charge is 0.497 e. The minimum Gasteiger partial charge on any atom is -0.497 e. The van der Waals surface area contributed by atoms with Gasteiger partial charge in [0.2, 0.25) is 0 Å². The van der Waals surface area contributed by atoms with Gasteiger partial charge in [-0.1, -0.05) is 19.3 Å². The Kier molecular flexibility index (Phi) is 3.74. The second-order valence-electron chi connectivity index (χ2n) is 5.26. The Morgan fingerprint density at radius 3 is 2.68 bits per heavy atom. The average molecular weight is 320 g/mol. The molecule has 0 radical (unpaired) electrons. The lowest BCUT2D eigenvalue weighted by Crippen LogP contribution is -2.06. The molecule has 1 saturated carbocycles. The Balaban J connectivity index is 2.03. The van der Waals surface area contributed by atoms with E-state index in [0.717, 1.165) is 15.9 Å². The second kappa shape index (κ2) is 5.49. The van der Waals surface area contributed by atoms with Crippen LogP contribution in [0.2, 0.25) is 0 Å². The van der Waals surface area contributed by atoms with Gasteiger partial charge in [0.25, 0.3) is 0 Å². The highest BCUT2D eigenvalue weighted by molar-refractivity contribution is 9.10. The van der Waals surface area contributed by atoms with E-state index in [1.54, 1.807) is 7.11 Å². The lowest BCUT2D eigenvalue weighted by atomic mass is 9.84. The van der Waals surface area contributed by atoms with Crippen molar-refractivity contribution in [2.24, 2.45) is 0 Å². The number of fused-ring (bicyclic) bond motifs is 1. The van der Waals surface area contributed by atoms with Crippen LogP contribution in [0.25, 0.3) is 10.9 Å². The number of methoxy groups -OCH3 is 1. The summed E-state index contributed by atoms with van der Waals surface area (Å²) in [5, 5.41) is 1.20. The minimum atomic E-state index is 0.669. The van der Waals surface area contributed by atoms with Crippen LogP contribution in [0, 0.1) is 0 Å². The standard InChI is InChI=1S/C16H18BrNO/c1-19-13-8-7-12-9-14(11-5-3-2-4-6-11)16(17)18-15(12)10-13/h7-11H,2-6H2,1H3. The maximum Gasteiger partial charge on any atom is 0.121 e. The minimum absolute atomic E-state index is 0.669. The lowest BCUT2D eigenvalue weighted by Gasteiger charge is -2.23. The van der Waals surface area contributed by atoms with Crippen molar-refractivity contribution < 1.29 is 4.74 Å². The van der Waals surface area contributed by atoms with E-state index >= 15 is 0 Å². The van der Waals surface area contributed by atoms with Crippen LogP contribution in [-0.4, -0.2) is 12.1 Å². The number of hydrogen-bond donors (Lipinski definition) is 0. The molecular weight excluding hydrogens is 302 g/mol. The number of hydrogen-bond acceptors (Lipinski definition) is 2. The van der Waals surface area contributed by atoms with Crippen LogP contribution >= 0.6 is 15.9 Å². The first-order chi connectivity index (χ1) is 9.28. The van der Waals surface area contributed by atoms with E-state index in [-0.39, 0.29) is 0 Å². The van der Waals surface area contributed by atoms with Gasteiger partial charge < -0.3 is 4.74 Å². The topological polar surface area (TPSA) is 22.1 Å². The fourth-order valence-corrected chi connectivity index (χ4v) is 3.60. The van der Waals surface area contributed by atoms with Crippen molar-refractivity contribution in [2.45, 2.75) is 38.0 Å². The number of nitrogens with zero attached hydrogens (tertiary/aromatic N) is 1. The van der Waals surface area contributed by atoms with E-state index in [0.29, 0.717) is 5.92 Å². The molecule has 100 valence electrons.